The zero-order valence-corrected chi connectivity index (χ0v) is 12.2. The summed E-state index contributed by atoms with van der Waals surface area (Å²) in [7, 11) is -1.44. The Kier molecular flexibility index (Phi) is 5.89. The third-order valence-electron chi connectivity index (χ3n) is 3.67. The zero-order valence-electron chi connectivity index (χ0n) is 12.2. The van der Waals surface area contributed by atoms with Gasteiger partial charge in [-0.25, -0.2) is 0 Å². The lowest BCUT2D eigenvalue weighted by Crippen LogP contribution is -2.32. The van der Waals surface area contributed by atoms with Crippen LogP contribution < -0.4 is 10.2 Å². The first-order valence-electron chi connectivity index (χ1n) is 7.53. The fraction of sp³-hybridized carbons (Fsp3) is 0.600. The van der Waals surface area contributed by atoms with E-state index in [0.717, 1.165) is 19.1 Å². The van der Waals surface area contributed by atoms with E-state index < -0.39 is 7.12 Å². The van der Waals surface area contributed by atoms with Crippen molar-refractivity contribution in [3.05, 3.63) is 24.3 Å². The Morgan fingerprint density at radius 3 is 2.75 bits per heavy atom. The number of hydrogen-bond acceptors (Lipinski definition) is 4. The number of ether oxygens (including phenoxy) is 1. The van der Waals surface area contributed by atoms with Crippen molar-refractivity contribution in [2.75, 3.05) is 19.7 Å². The molecule has 0 amide bonds. The number of benzene rings is 1. The van der Waals surface area contributed by atoms with Gasteiger partial charge in [0.2, 0.25) is 0 Å². The molecule has 1 aliphatic carbocycles. The number of nitrogens with zero attached hydrogens (tertiary/aromatic N) is 1. The largest absolute Gasteiger partial charge is 0.492 e. The summed E-state index contributed by atoms with van der Waals surface area (Å²) in [5, 5.41) is 18.3. The molecule has 0 heterocycles. The summed E-state index contributed by atoms with van der Waals surface area (Å²) < 4.78 is 5.72. The molecule has 4 nitrogen and oxygen atoms in total. The fourth-order valence-electron chi connectivity index (χ4n) is 2.32. The van der Waals surface area contributed by atoms with Crippen LogP contribution in [0.5, 0.6) is 5.75 Å². The lowest BCUT2D eigenvalue weighted by molar-refractivity contribution is 0.199. The van der Waals surface area contributed by atoms with Gasteiger partial charge in [-0.05, 0) is 43.4 Å². The van der Waals surface area contributed by atoms with Crippen LogP contribution in [-0.2, 0) is 0 Å². The van der Waals surface area contributed by atoms with Crippen LogP contribution in [0.3, 0.4) is 0 Å². The van der Waals surface area contributed by atoms with Crippen molar-refractivity contribution >= 4 is 12.6 Å². The molecule has 0 atom stereocenters. The van der Waals surface area contributed by atoms with Crippen LogP contribution in [0, 0.1) is 0 Å². The van der Waals surface area contributed by atoms with Crippen molar-refractivity contribution < 1.29 is 14.8 Å². The van der Waals surface area contributed by atoms with Crippen LogP contribution in [0.25, 0.3) is 0 Å². The quantitative estimate of drug-likeness (QED) is 0.661. The summed E-state index contributed by atoms with van der Waals surface area (Å²) >= 11 is 0. The van der Waals surface area contributed by atoms with Crippen molar-refractivity contribution in [1.29, 1.82) is 0 Å². The van der Waals surface area contributed by atoms with Crippen LogP contribution in [0.1, 0.15) is 32.6 Å². The highest BCUT2D eigenvalue weighted by Gasteiger charge is 2.28. The smallest absolute Gasteiger partial charge is 0.488 e. The minimum atomic E-state index is -1.44. The zero-order chi connectivity index (χ0) is 14.4. The highest BCUT2D eigenvalue weighted by atomic mass is 16.5. The van der Waals surface area contributed by atoms with Crippen molar-refractivity contribution in [2.45, 2.75) is 38.6 Å². The molecule has 0 aromatic heterocycles. The van der Waals surface area contributed by atoms with Crippen LogP contribution in [0.2, 0.25) is 0 Å². The molecule has 5 heteroatoms. The molecule has 2 N–H and O–H groups in total. The molecule has 0 aliphatic heterocycles. The molecule has 0 saturated heterocycles. The van der Waals surface area contributed by atoms with Crippen molar-refractivity contribution in [3.8, 4) is 5.75 Å². The molecule has 1 fully saturated rings. The fourth-order valence-corrected chi connectivity index (χ4v) is 2.32. The second kappa shape index (κ2) is 7.67. The van der Waals surface area contributed by atoms with Crippen LogP contribution in [0.4, 0.5) is 0 Å². The monoisotopic (exact) mass is 277 g/mol. The Bertz CT molecular complexity index is 410. The summed E-state index contributed by atoms with van der Waals surface area (Å²) in [5.74, 6) is 0.696. The van der Waals surface area contributed by atoms with Crippen molar-refractivity contribution in [3.63, 3.8) is 0 Å². The maximum atomic E-state index is 9.13. The van der Waals surface area contributed by atoms with E-state index in [-0.39, 0.29) is 0 Å². The first-order chi connectivity index (χ1) is 9.70. The Balaban J connectivity index is 1.77. The minimum Gasteiger partial charge on any atom is -0.492 e. The highest BCUT2D eigenvalue weighted by Crippen LogP contribution is 2.26. The molecule has 110 valence electrons. The molecule has 1 aliphatic rings. The van der Waals surface area contributed by atoms with Crippen LogP contribution >= 0.6 is 0 Å². The first-order valence-corrected chi connectivity index (χ1v) is 7.53. The van der Waals surface area contributed by atoms with E-state index in [4.69, 9.17) is 14.8 Å². The van der Waals surface area contributed by atoms with E-state index in [2.05, 4.69) is 11.8 Å². The Hall–Kier alpha value is -1.04. The number of hydrogen-bond donors (Lipinski definition) is 2. The standard InChI is InChI=1S/C15H24BNO3/c1-2-3-9-17(14-7-8-14)10-11-20-15-6-4-5-13(12-15)16(18)19/h4-6,12,14,18-19H,2-3,7-11H2,1H3. The van der Waals surface area contributed by atoms with Crippen molar-refractivity contribution in [2.24, 2.45) is 0 Å². The summed E-state index contributed by atoms with van der Waals surface area (Å²) in [6.45, 7) is 4.95. The number of unbranched alkanes of at least 4 members (excludes halogenated alkanes) is 1. The second-order valence-corrected chi connectivity index (χ2v) is 5.42. The maximum Gasteiger partial charge on any atom is 0.488 e. The lowest BCUT2D eigenvalue weighted by atomic mass is 9.80. The third kappa shape index (κ3) is 4.82. The molecule has 0 spiro atoms. The third-order valence-corrected chi connectivity index (χ3v) is 3.67. The molecule has 20 heavy (non-hydrogen) atoms. The number of rotatable bonds is 9. The van der Waals surface area contributed by atoms with Gasteiger partial charge in [0.1, 0.15) is 12.4 Å². The summed E-state index contributed by atoms with van der Waals surface area (Å²) in [5.41, 5.74) is 0.465. The first kappa shape index (κ1) is 15.4. The van der Waals surface area contributed by atoms with Gasteiger partial charge in [0, 0.05) is 12.6 Å². The lowest BCUT2D eigenvalue weighted by Gasteiger charge is -2.21. The van der Waals surface area contributed by atoms with Gasteiger partial charge in [0.25, 0.3) is 0 Å². The average molecular weight is 277 g/mol. The van der Waals surface area contributed by atoms with E-state index >= 15 is 0 Å². The predicted molar refractivity (Wildman–Crippen MR) is 81.3 cm³/mol. The molecular formula is C15H24BNO3. The van der Waals surface area contributed by atoms with E-state index in [1.807, 2.05) is 6.07 Å². The summed E-state index contributed by atoms with van der Waals surface area (Å²) in [6.07, 6.45) is 5.09. The van der Waals surface area contributed by atoms with Gasteiger partial charge in [-0.1, -0.05) is 25.5 Å². The maximum absolute atomic E-state index is 9.13. The average Bonchev–Trinajstić information content (AvgIpc) is 3.27. The predicted octanol–water partition coefficient (Wildman–Crippen LogP) is 1.01. The van der Waals surface area contributed by atoms with E-state index in [9.17, 15) is 0 Å². The van der Waals surface area contributed by atoms with Gasteiger partial charge in [0.15, 0.2) is 0 Å². The van der Waals surface area contributed by atoms with Gasteiger partial charge in [-0.3, -0.25) is 4.90 Å². The van der Waals surface area contributed by atoms with Gasteiger partial charge in [0.05, 0.1) is 0 Å². The van der Waals surface area contributed by atoms with Crippen molar-refractivity contribution in [1.82, 2.24) is 4.90 Å². The van der Waals surface area contributed by atoms with E-state index in [0.29, 0.717) is 17.8 Å². The molecular weight excluding hydrogens is 253 g/mol. The van der Waals surface area contributed by atoms with Crippen LogP contribution in [-0.4, -0.2) is 47.8 Å². The Morgan fingerprint density at radius 1 is 1.30 bits per heavy atom. The molecule has 1 aromatic carbocycles. The van der Waals surface area contributed by atoms with Gasteiger partial charge in [-0.2, -0.15) is 0 Å². The summed E-state index contributed by atoms with van der Waals surface area (Å²) in [6, 6.07) is 7.74. The molecule has 1 saturated carbocycles. The van der Waals surface area contributed by atoms with Gasteiger partial charge in [-0.15, -0.1) is 0 Å². The molecule has 1 aromatic rings. The van der Waals surface area contributed by atoms with Gasteiger partial charge < -0.3 is 14.8 Å². The van der Waals surface area contributed by atoms with Crippen LogP contribution in [0.15, 0.2) is 24.3 Å². The Labute approximate surface area is 121 Å². The molecule has 0 unspecified atom stereocenters. The molecule has 2 rings (SSSR count). The minimum absolute atomic E-state index is 0.465. The topological polar surface area (TPSA) is 52.9 Å². The highest BCUT2D eigenvalue weighted by molar-refractivity contribution is 6.58. The SMILES string of the molecule is CCCCN(CCOc1cccc(B(O)O)c1)C1CC1. The summed E-state index contributed by atoms with van der Waals surface area (Å²) in [4.78, 5) is 2.51. The molecule has 0 bridgehead atoms. The van der Waals surface area contributed by atoms with E-state index in [1.54, 1.807) is 18.2 Å². The Morgan fingerprint density at radius 2 is 2.10 bits per heavy atom. The van der Waals surface area contributed by atoms with E-state index in [1.165, 1.54) is 25.7 Å². The molecule has 0 radical (unpaired) electrons. The van der Waals surface area contributed by atoms with Gasteiger partial charge >= 0.3 is 7.12 Å². The second-order valence-electron chi connectivity index (χ2n) is 5.42. The normalized spacial score (nSPS) is 14.6.